The molecule has 410 valence electrons. The zero-order valence-corrected chi connectivity index (χ0v) is 45.5. The third-order valence-corrected chi connectivity index (χ3v) is 13.5. The molecule has 0 aromatic heterocycles. The third-order valence-electron chi connectivity index (χ3n) is 13.5. The zero-order chi connectivity index (χ0) is 51.5. The Bertz CT molecular complexity index is 1390. The number of carbonyl (C=O) groups is 1. The quantitative estimate of drug-likeness (QED) is 0.0261. The van der Waals surface area contributed by atoms with Crippen molar-refractivity contribution in [3.8, 4) is 0 Å². The van der Waals surface area contributed by atoms with Crippen LogP contribution in [0.25, 0.3) is 0 Å². The zero-order valence-electron chi connectivity index (χ0n) is 45.5. The lowest BCUT2D eigenvalue weighted by Crippen LogP contribution is -2.60. The van der Waals surface area contributed by atoms with Crippen molar-refractivity contribution in [2.75, 3.05) is 13.2 Å². The minimum atomic E-state index is -1.58. The van der Waals surface area contributed by atoms with Gasteiger partial charge in [-0.1, -0.05) is 253 Å². The van der Waals surface area contributed by atoms with E-state index < -0.39 is 49.5 Å². The van der Waals surface area contributed by atoms with Crippen molar-refractivity contribution in [1.29, 1.82) is 0 Å². The van der Waals surface area contributed by atoms with Gasteiger partial charge in [-0.3, -0.25) is 4.79 Å². The number of hydrogen-bond acceptors (Lipinski definition) is 8. The van der Waals surface area contributed by atoms with Gasteiger partial charge in [-0.25, -0.2) is 0 Å². The number of hydrogen-bond donors (Lipinski definition) is 6. The van der Waals surface area contributed by atoms with Crippen LogP contribution in [-0.4, -0.2) is 87.5 Å². The highest BCUT2D eigenvalue weighted by Gasteiger charge is 2.44. The number of amides is 1. The first kappa shape index (κ1) is 66.4. The number of carbonyl (C=O) groups excluding carboxylic acids is 1. The SMILES string of the molecule is CC/C=C\C/C=C\C/C=C\C/C=C\C/C=C\C/C=C\CCCCC(=O)NC(COC1OC(CO)C(O)C(O)C1O)C(O)/C=C/CCCCCCCCCCCCCCCCCCCCCCCCCCC. The van der Waals surface area contributed by atoms with Gasteiger partial charge in [-0.2, -0.15) is 0 Å². The van der Waals surface area contributed by atoms with E-state index in [0.717, 1.165) is 70.6 Å². The Kier molecular flexibility index (Phi) is 47.6. The Balaban J connectivity index is 2.26. The number of rotatable bonds is 49. The number of nitrogens with one attached hydrogen (secondary N) is 1. The fraction of sp³-hybridized carbons (Fsp3) is 0.758. The molecule has 0 bridgehead atoms. The number of ether oxygens (including phenoxy) is 2. The smallest absolute Gasteiger partial charge is 0.220 e. The van der Waals surface area contributed by atoms with Gasteiger partial charge in [0.1, 0.15) is 24.4 Å². The molecule has 1 amide bonds. The minimum absolute atomic E-state index is 0.210. The average Bonchev–Trinajstić information content (AvgIpc) is 3.37. The van der Waals surface area contributed by atoms with E-state index in [4.69, 9.17) is 9.47 Å². The van der Waals surface area contributed by atoms with E-state index in [-0.39, 0.29) is 18.9 Å². The van der Waals surface area contributed by atoms with Crippen molar-refractivity contribution in [3.63, 3.8) is 0 Å². The van der Waals surface area contributed by atoms with Crippen LogP contribution in [0, 0.1) is 0 Å². The molecule has 0 aliphatic carbocycles. The Morgan fingerprint density at radius 3 is 1.30 bits per heavy atom. The number of unbranched alkanes of at least 4 members (excludes halogenated alkanes) is 27. The first-order valence-electron chi connectivity index (χ1n) is 29.3. The van der Waals surface area contributed by atoms with Crippen molar-refractivity contribution in [3.05, 3.63) is 85.1 Å². The number of aliphatic hydroxyl groups excluding tert-OH is 5. The molecule has 0 radical (unpaired) electrons. The third kappa shape index (κ3) is 40.4. The lowest BCUT2D eigenvalue weighted by Gasteiger charge is -2.40. The van der Waals surface area contributed by atoms with Crippen LogP contribution in [0.5, 0.6) is 0 Å². The second kappa shape index (κ2) is 50.9. The van der Waals surface area contributed by atoms with Crippen molar-refractivity contribution in [1.82, 2.24) is 5.32 Å². The molecule has 1 aliphatic heterocycles. The van der Waals surface area contributed by atoms with Crippen molar-refractivity contribution in [2.24, 2.45) is 0 Å². The fourth-order valence-corrected chi connectivity index (χ4v) is 8.87. The summed E-state index contributed by atoms with van der Waals surface area (Å²) in [5.74, 6) is -0.220. The maximum absolute atomic E-state index is 13.0. The Morgan fingerprint density at radius 2 is 0.873 bits per heavy atom. The fourth-order valence-electron chi connectivity index (χ4n) is 8.87. The summed E-state index contributed by atoms with van der Waals surface area (Å²) in [6, 6.07) is -0.835. The summed E-state index contributed by atoms with van der Waals surface area (Å²) in [6.07, 6.45) is 65.1. The van der Waals surface area contributed by atoms with Gasteiger partial charge in [0.05, 0.1) is 25.4 Å². The summed E-state index contributed by atoms with van der Waals surface area (Å²) in [7, 11) is 0. The van der Waals surface area contributed by atoms with Gasteiger partial charge in [0.2, 0.25) is 5.91 Å². The van der Waals surface area contributed by atoms with Gasteiger partial charge >= 0.3 is 0 Å². The molecular weight excluding hydrogens is 887 g/mol. The highest BCUT2D eigenvalue weighted by Crippen LogP contribution is 2.23. The van der Waals surface area contributed by atoms with Crippen molar-refractivity contribution >= 4 is 5.91 Å². The normalized spacial score (nSPS) is 19.9. The maximum Gasteiger partial charge on any atom is 0.220 e. The molecule has 9 heteroatoms. The molecular formula is C62H109NO8. The van der Waals surface area contributed by atoms with E-state index in [0.29, 0.717) is 6.42 Å². The van der Waals surface area contributed by atoms with Crippen LogP contribution in [0.1, 0.15) is 245 Å². The Labute approximate surface area is 435 Å². The molecule has 7 atom stereocenters. The predicted molar refractivity (Wildman–Crippen MR) is 299 cm³/mol. The molecule has 9 nitrogen and oxygen atoms in total. The topological polar surface area (TPSA) is 149 Å². The molecule has 1 rings (SSSR count). The summed E-state index contributed by atoms with van der Waals surface area (Å²) >= 11 is 0. The van der Waals surface area contributed by atoms with Crippen LogP contribution >= 0.6 is 0 Å². The van der Waals surface area contributed by atoms with E-state index in [2.05, 4.69) is 92.1 Å². The van der Waals surface area contributed by atoms with E-state index in [9.17, 15) is 30.3 Å². The van der Waals surface area contributed by atoms with Gasteiger partial charge < -0.3 is 40.3 Å². The average molecular weight is 997 g/mol. The monoisotopic (exact) mass is 996 g/mol. The first-order chi connectivity index (χ1) is 34.8. The van der Waals surface area contributed by atoms with Crippen LogP contribution in [-0.2, 0) is 14.3 Å². The first-order valence-corrected chi connectivity index (χ1v) is 29.3. The van der Waals surface area contributed by atoms with Crippen molar-refractivity contribution in [2.45, 2.75) is 288 Å². The van der Waals surface area contributed by atoms with E-state index in [1.54, 1.807) is 6.08 Å². The molecule has 1 fully saturated rings. The van der Waals surface area contributed by atoms with Gasteiger partial charge in [-0.05, 0) is 70.6 Å². The molecule has 0 aromatic carbocycles. The van der Waals surface area contributed by atoms with Crippen molar-refractivity contribution < 1.29 is 39.8 Å². The molecule has 1 heterocycles. The second-order valence-corrected chi connectivity index (χ2v) is 20.1. The maximum atomic E-state index is 13.0. The molecule has 1 saturated heterocycles. The Hall–Kier alpha value is -2.63. The van der Waals surface area contributed by atoms with Gasteiger partial charge in [-0.15, -0.1) is 0 Å². The summed E-state index contributed by atoms with van der Waals surface area (Å²) in [5, 5.41) is 54.5. The highest BCUT2D eigenvalue weighted by atomic mass is 16.7. The minimum Gasteiger partial charge on any atom is -0.394 e. The standard InChI is InChI=1S/C62H109NO8/c1-3-5-7-9-11-13-15-17-19-21-23-25-26-27-28-29-30-32-33-35-37-39-41-43-45-47-49-51-56(65)55(54-70-62-61(69)60(68)59(67)57(53-64)71-62)63-58(66)52-50-48-46-44-42-40-38-36-34-31-24-22-20-18-16-14-12-10-8-6-4-2/h6,8,12,14,18,20,24,31,36,38,42,44,49,51,55-57,59-62,64-65,67-69H,3-5,7,9-11,13,15-17,19,21-23,25-30,32-35,37,39-41,43,45-48,50,52-54H2,1-2H3,(H,63,66)/b8-6-,14-12-,20-18-,31-24-,38-36-,44-42-,51-49+. The molecule has 1 aliphatic rings. The summed E-state index contributed by atoms with van der Waals surface area (Å²) in [6.45, 7) is 3.65. The molecule has 0 spiro atoms. The highest BCUT2D eigenvalue weighted by molar-refractivity contribution is 5.76. The second-order valence-electron chi connectivity index (χ2n) is 20.1. The van der Waals surface area contributed by atoms with Crippen LogP contribution in [0.3, 0.4) is 0 Å². The molecule has 6 N–H and O–H groups in total. The summed E-state index contributed by atoms with van der Waals surface area (Å²) < 4.78 is 11.3. The molecule has 0 aromatic rings. The lowest BCUT2D eigenvalue weighted by molar-refractivity contribution is -0.302. The lowest BCUT2D eigenvalue weighted by atomic mass is 9.99. The van der Waals surface area contributed by atoms with Crippen LogP contribution in [0.15, 0.2) is 85.1 Å². The molecule has 0 saturated carbocycles. The Morgan fingerprint density at radius 1 is 0.493 bits per heavy atom. The van der Waals surface area contributed by atoms with Gasteiger partial charge in [0.25, 0.3) is 0 Å². The number of allylic oxidation sites excluding steroid dienone is 13. The molecule has 71 heavy (non-hydrogen) atoms. The van der Waals surface area contributed by atoms with Crippen LogP contribution in [0.2, 0.25) is 0 Å². The predicted octanol–water partition coefficient (Wildman–Crippen LogP) is 14.6. The van der Waals surface area contributed by atoms with Crippen LogP contribution < -0.4 is 5.32 Å². The van der Waals surface area contributed by atoms with Gasteiger partial charge in [0.15, 0.2) is 6.29 Å². The van der Waals surface area contributed by atoms with Gasteiger partial charge in [0, 0.05) is 6.42 Å². The van der Waals surface area contributed by atoms with Crippen LogP contribution in [0.4, 0.5) is 0 Å². The van der Waals surface area contributed by atoms with E-state index in [1.165, 1.54) is 148 Å². The van der Waals surface area contributed by atoms with E-state index >= 15 is 0 Å². The van der Waals surface area contributed by atoms with E-state index in [1.807, 2.05) is 6.08 Å². The number of aliphatic hydroxyl groups is 5. The summed E-state index contributed by atoms with van der Waals surface area (Å²) in [4.78, 5) is 13.0. The largest absolute Gasteiger partial charge is 0.394 e. The summed E-state index contributed by atoms with van der Waals surface area (Å²) in [5.41, 5.74) is 0. The molecule has 7 unspecified atom stereocenters.